The summed E-state index contributed by atoms with van der Waals surface area (Å²) in [7, 11) is 0. The SMILES string of the molecule is CCCCn1c(=O)[nH]c(=O)c2c1nc(COC(=O)Cc1c(C)nn(CC(C)C)c1C)n2CC. The van der Waals surface area contributed by atoms with E-state index in [1.165, 1.54) is 4.57 Å². The van der Waals surface area contributed by atoms with E-state index in [4.69, 9.17) is 4.74 Å². The van der Waals surface area contributed by atoms with Gasteiger partial charge in [0.05, 0.1) is 12.1 Å². The lowest BCUT2D eigenvalue weighted by Crippen LogP contribution is -2.31. The Hall–Kier alpha value is -3.17. The molecule has 0 aliphatic rings. The predicted molar refractivity (Wildman–Crippen MR) is 125 cm³/mol. The van der Waals surface area contributed by atoms with Crippen molar-refractivity contribution in [2.75, 3.05) is 0 Å². The van der Waals surface area contributed by atoms with Crippen LogP contribution in [0.25, 0.3) is 11.2 Å². The standard InChI is InChI=1S/C23H34N6O4/c1-7-9-10-28-21-20(22(31)25-23(28)32)27(8-2)18(24-21)13-33-19(30)11-17-15(5)26-29(16(17)6)12-14(3)4/h14H,7-13H2,1-6H3,(H,25,31,32). The highest BCUT2D eigenvalue weighted by atomic mass is 16.5. The van der Waals surface area contributed by atoms with E-state index in [1.54, 1.807) is 4.57 Å². The van der Waals surface area contributed by atoms with Crippen LogP contribution in [0.5, 0.6) is 0 Å². The summed E-state index contributed by atoms with van der Waals surface area (Å²) in [5.41, 5.74) is 2.33. The van der Waals surface area contributed by atoms with Crippen molar-refractivity contribution < 1.29 is 9.53 Å². The minimum absolute atomic E-state index is 0.0824. The Morgan fingerprint density at radius 1 is 1.15 bits per heavy atom. The molecule has 3 aromatic heterocycles. The van der Waals surface area contributed by atoms with E-state index >= 15 is 0 Å². The number of rotatable bonds is 10. The van der Waals surface area contributed by atoms with Gasteiger partial charge in [-0.05, 0) is 33.1 Å². The largest absolute Gasteiger partial charge is 0.457 e. The quantitative estimate of drug-likeness (QED) is 0.467. The molecule has 0 amide bonds. The van der Waals surface area contributed by atoms with Gasteiger partial charge in [-0.3, -0.25) is 23.8 Å². The number of nitrogens with one attached hydrogen (secondary N) is 1. The number of unbranched alkanes of at least 4 members (excludes halogenated alkanes) is 1. The van der Waals surface area contributed by atoms with Crippen molar-refractivity contribution in [3.8, 4) is 0 Å². The normalized spacial score (nSPS) is 11.6. The van der Waals surface area contributed by atoms with Crippen LogP contribution in [0.2, 0.25) is 0 Å². The molecule has 0 aliphatic heterocycles. The summed E-state index contributed by atoms with van der Waals surface area (Å²) < 4.78 is 10.6. The van der Waals surface area contributed by atoms with E-state index in [-0.39, 0.29) is 13.0 Å². The fourth-order valence-electron chi connectivity index (χ4n) is 4.05. The number of hydrogen-bond acceptors (Lipinski definition) is 6. The molecule has 3 heterocycles. The number of aromatic amines is 1. The van der Waals surface area contributed by atoms with Gasteiger partial charge >= 0.3 is 11.7 Å². The van der Waals surface area contributed by atoms with Crippen molar-refractivity contribution in [1.82, 2.24) is 28.9 Å². The molecule has 10 nitrogen and oxygen atoms in total. The molecule has 3 rings (SSSR count). The Bertz CT molecular complexity index is 1260. The molecule has 0 aromatic carbocycles. The van der Waals surface area contributed by atoms with Gasteiger partial charge < -0.3 is 9.30 Å². The van der Waals surface area contributed by atoms with Crippen molar-refractivity contribution in [3.05, 3.63) is 43.6 Å². The number of fused-ring (bicyclic) bond motifs is 1. The fraction of sp³-hybridized carbons (Fsp3) is 0.609. The molecule has 3 aromatic rings. The van der Waals surface area contributed by atoms with Crippen molar-refractivity contribution in [3.63, 3.8) is 0 Å². The van der Waals surface area contributed by atoms with Crippen LogP contribution in [0.4, 0.5) is 0 Å². The van der Waals surface area contributed by atoms with Crippen LogP contribution in [0.3, 0.4) is 0 Å². The van der Waals surface area contributed by atoms with Crippen LogP contribution in [0.1, 0.15) is 63.3 Å². The zero-order valence-electron chi connectivity index (χ0n) is 20.4. The fourth-order valence-corrected chi connectivity index (χ4v) is 4.05. The zero-order valence-corrected chi connectivity index (χ0v) is 20.4. The third-order valence-corrected chi connectivity index (χ3v) is 5.77. The Balaban J connectivity index is 1.84. The maximum atomic E-state index is 12.6. The van der Waals surface area contributed by atoms with E-state index in [1.807, 2.05) is 32.4 Å². The summed E-state index contributed by atoms with van der Waals surface area (Å²) in [5.74, 6) is 0.492. The van der Waals surface area contributed by atoms with Gasteiger partial charge in [0.15, 0.2) is 11.2 Å². The third-order valence-electron chi connectivity index (χ3n) is 5.77. The number of esters is 1. The molecule has 1 N–H and O–H groups in total. The van der Waals surface area contributed by atoms with Gasteiger partial charge in [0.25, 0.3) is 5.56 Å². The van der Waals surface area contributed by atoms with Gasteiger partial charge in [0, 0.05) is 30.9 Å². The highest BCUT2D eigenvalue weighted by molar-refractivity contribution is 5.74. The number of aryl methyl sites for hydroxylation is 3. The Morgan fingerprint density at radius 3 is 2.52 bits per heavy atom. The number of hydrogen-bond donors (Lipinski definition) is 1. The number of H-pyrrole nitrogens is 1. The molecule has 33 heavy (non-hydrogen) atoms. The molecule has 0 radical (unpaired) electrons. The summed E-state index contributed by atoms with van der Waals surface area (Å²) in [6.45, 7) is 13.6. The first-order valence-electron chi connectivity index (χ1n) is 11.6. The first kappa shape index (κ1) is 24.5. The minimum Gasteiger partial charge on any atom is -0.457 e. The first-order valence-corrected chi connectivity index (χ1v) is 11.6. The van der Waals surface area contributed by atoms with Gasteiger partial charge in [0.1, 0.15) is 12.4 Å². The van der Waals surface area contributed by atoms with Crippen LogP contribution in [-0.2, 0) is 42.2 Å². The number of nitrogens with zero attached hydrogens (tertiary/aromatic N) is 5. The molecule has 0 spiro atoms. The van der Waals surface area contributed by atoms with Crippen molar-refractivity contribution in [2.45, 2.75) is 87.0 Å². The molecule has 10 heteroatoms. The Morgan fingerprint density at radius 2 is 1.88 bits per heavy atom. The lowest BCUT2D eigenvalue weighted by atomic mass is 10.1. The molecular formula is C23H34N6O4. The summed E-state index contributed by atoms with van der Waals surface area (Å²) in [6, 6.07) is 0. The summed E-state index contributed by atoms with van der Waals surface area (Å²) in [4.78, 5) is 44.4. The minimum atomic E-state index is -0.488. The van der Waals surface area contributed by atoms with Crippen LogP contribution in [0, 0.1) is 19.8 Å². The molecule has 0 bridgehead atoms. The van der Waals surface area contributed by atoms with E-state index in [0.717, 1.165) is 36.3 Å². The average Bonchev–Trinajstić information content (AvgIpc) is 3.24. The molecule has 0 unspecified atom stereocenters. The van der Waals surface area contributed by atoms with Gasteiger partial charge in [-0.2, -0.15) is 5.10 Å². The molecule has 180 valence electrons. The van der Waals surface area contributed by atoms with E-state index in [9.17, 15) is 14.4 Å². The van der Waals surface area contributed by atoms with Gasteiger partial charge in [-0.25, -0.2) is 9.78 Å². The van der Waals surface area contributed by atoms with Crippen LogP contribution < -0.4 is 11.2 Å². The van der Waals surface area contributed by atoms with E-state index < -0.39 is 17.2 Å². The lowest BCUT2D eigenvalue weighted by Gasteiger charge is -2.09. The summed E-state index contributed by atoms with van der Waals surface area (Å²) >= 11 is 0. The highest BCUT2D eigenvalue weighted by Crippen LogP contribution is 2.17. The average molecular weight is 459 g/mol. The molecule has 0 saturated carbocycles. The number of carbonyl (C=O) groups excluding carboxylic acids is 1. The number of ether oxygens (including phenoxy) is 1. The Labute approximate surface area is 192 Å². The van der Waals surface area contributed by atoms with Crippen molar-refractivity contribution in [1.29, 1.82) is 0 Å². The maximum Gasteiger partial charge on any atom is 0.330 e. The zero-order chi connectivity index (χ0) is 24.3. The maximum absolute atomic E-state index is 12.6. The smallest absolute Gasteiger partial charge is 0.330 e. The number of imidazole rings is 1. The molecule has 0 saturated heterocycles. The number of carbonyl (C=O) groups is 1. The summed E-state index contributed by atoms with van der Waals surface area (Å²) in [5, 5.41) is 4.55. The van der Waals surface area contributed by atoms with Gasteiger partial charge in [-0.15, -0.1) is 0 Å². The van der Waals surface area contributed by atoms with Gasteiger partial charge in [0.2, 0.25) is 0 Å². The number of aromatic nitrogens is 6. The second kappa shape index (κ2) is 10.2. The van der Waals surface area contributed by atoms with Crippen molar-refractivity contribution >= 4 is 17.1 Å². The van der Waals surface area contributed by atoms with Crippen LogP contribution >= 0.6 is 0 Å². The Kier molecular flexibility index (Phi) is 7.55. The molecule has 0 fully saturated rings. The van der Waals surface area contributed by atoms with E-state index in [0.29, 0.717) is 36.0 Å². The van der Waals surface area contributed by atoms with Gasteiger partial charge in [-0.1, -0.05) is 27.2 Å². The first-order chi connectivity index (χ1) is 15.7. The lowest BCUT2D eigenvalue weighted by molar-refractivity contribution is -0.144. The monoisotopic (exact) mass is 458 g/mol. The van der Waals surface area contributed by atoms with E-state index in [2.05, 4.69) is 28.9 Å². The second-order valence-electron chi connectivity index (χ2n) is 8.77. The molecule has 0 atom stereocenters. The third kappa shape index (κ3) is 5.09. The van der Waals surface area contributed by atoms with Crippen molar-refractivity contribution in [2.24, 2.45) is 5.92 Å². The van der Waals surface area contributed by atoms with Crippen LogP contribution in [0.15, 0.2) is 9.59 Å². The molecular weight excluding hydrogens is 424 g/mol. The summed E-state index contributed by atoms with van der Waals surface area (Å²) in [6.07, 6.45) is 1.80. The predicted octanol–water partition coefficient (Wildman–Crippen LogP) is 2.46. The second-order valence-corrected chi connectivity index (χ2v) is 8.77. The molecule has 0 aliphatic carbocycles. The highest BCUT2D eigenvalue weighted by Gasteiger charge is 2.20. The topological polar surface area (TPSA) is 117 Å². The van der Waals surface area contributed by atoms with Crippen LogP contribution in [-0.4, -0.2) is 34.9 Å².